The van der Waals surface area contributed by atoms with Crippen LogP contribution in [0.25, 0.3) is 11.1 Å². The van der Waals surface area contributed by atoms with E-state index in [4.69, 9.17) is 0 Å². The van der Waals surface area contributed by atoms with E-state index >= 15 is 0 Å². The fraction of sp³-hybridized carbons (Fsp3) is 0.409. The smallest absolute Gasteiger partial charge is 0.351 e. The molecule has 1 amide bonds. The highest BCUT2D eigenvalue weighted by atomic mass is 19.4. The number of carbonyl (C=O) groups is 1. The summed E-state index contributed by atoms with van der Waals surface area (Å²) in [5.41, 5.74) is -2.15. The van der Waals surface area contributed by atoms with Crippen LogP contribution in [0.3, 0.4) is 0 Å². The number of rotatable bonds is 4. The standard InChI is InChI=1S/C22H22F6N2O/c1-13-6-19(30(2)12-13)20(31)29-11-14-4-3-5-15(7-14)16-8-17(21(23,24)25)10-18(9-16)22(26,27)28/h3-5,7-10,13,19H,6,11-12H2,1-2H3,(H,29,31)/t13-,19-/m0/s1. The van der Waals surface area contributed by atoms with Crippen molar-refractivity contribution in [2.75, 3.05) is 13.6 Å². The first-order valence-corrected chi connectivity index (χ1v) is 9.71. The summed E-state index contributed by atoms with van der Waals surface area (Å²) in [5.74, 6) is 0.239. The Kier molecular flexibility index (Phi) is 6.36. The first-order valence-electron chi connectivity index (χ1n) is 9.71. The lowest BCUT2D eigenvalue weighted by Crippen LogP contribution is -2.41. The molecule has 0 aromatic heterocycles. The molecule has 1 saturated heterocycles. The molecule has 9 heteroatoms. The Morgan fingerprint density at radius 3 is 2.13 bits per heavy atom. The van der Waals surface area contributed by atoms with E-state index in [0.29, 0.717) is 23.6 Å². The van der Waals surface area contributed by atoms with Gasteiger partial charge in [-0.15, -0.1) is 0 Å². The summed E-state index contributed by atoms with van der Waals surface area (Å²) < 4.78 is 78.8. The van der Waals surface area contributed by atoms with Crippen molar-refractivity contribution in [2.45, 2.75) is 38.3 Å². The second-order valence-corrected chi connectivity index (χ2v) is 8.01. The lowest BCUT2D eigenvalue weighted by Gasteiger charge is -2.19. The number of benzene rings is 2. The summed E-state index contributed by atoms with van der Waals surface area (Å²) in [4.78, 5) is 14.4. The molecule has 1 N–H and O–H groups in total. The maximum atomic E-state index is 13.1. The molecular formula is C22H22F6N2O. The summed E-state index contributed by atoms with van der Waals surface area (Å²) in [6, 6.07) is 7.36. The predicted octanol–water partition coefficient (Wildman–Crippen LogP) is 5.35. The van der Waals surface area contributed by atoms with Crippen molar-refractivity contribution >= 4 is 5.91 Å². The van der Waals surface area contributed by atoms with Crippen molar-refractivity contribution in [2.24, 2.45) is 5.92 Å². The number of nitrogens with zero attached hydrogens (tertiary/aromatic N) is 1. The number of hydrogen-bond donors (Lipinski definition) is 1. The predicted molar refractivity (Wildman–Crippen MR) is 104 cm³/mol. The third kappa shape index (κ3) is 5.58. The molecular weight excluding hydrogens is 422 g/mol. The normalized spacial score (nSPS) is 20.1. The zero-order valence-corrected chi connectivity index (χ0v) is 16.9. The lowest BCUT2D eigenvalue weighted by atomic mass is 9.97. The highest BCUT2D eigenvalue weighted by Crippen LogP contribution is 2.38. The number of alkyl halides is 6. The van der Waals surface area contributed by atoms with Crippen LogP contribution >= 0.6 is 0 Å². The third-order valence-corrected chi connectivity index (χ3v) is 5.37. The van der Waals surface area contributed by atoms with E-state index in [0.717, 1.165) is 13.0 Å². The van der Waals surface area contributed by atoms with Crippen LogP contribution in [-0.4, -0.2) is 30.4 Å². The SMILES string of the molecule is C[C@H]1C[C@@H](C(=O)NCc2cccc(-c3cc(C(F)(F)F)cc(C(F)(F)F)c3)c2)N(C)C1. The van der Waals surface area contributed by atoms with Crippen molar-refractivity contribution < 1.29 is 31.1 Å². The van der Waals surface area contributed by atoms with Gasteiger partial charge in [0.05, 0.1) is 17.2 Å². The number of nitrogens with one attached hydrogen (secondary N) is 1. The second kappa shape index (κ2) is 8.53. The van der Waals surface area contributed by atoms with Crippen molar-refractivity contribution in [3.05, 3.63) is 59.2 Å². The number of carbonyl (C=O) groups excluding carboxylic acids is 1. The average molecular weight is 444 g/mol. The molecule has 3 nitrogen and oxygen atoms in total. The Morgan fingerprint density at radius 2 is 1.61 bits per heavy atom. The zero-order chi connectivity index (χ0) is 23.0. The van der Waals surface area contributed by atoms with Crippen molar-refractivity contribution in [3.8, 4) is 11.1 Å². The van der Waals surface area contributed by atoms with Crippen molar-refractivity contribution in [1.29, 1.82) is 0 Å². The van der Waals surface area contributed by atoms with E-state index in [9.17, 15) is 31.1 Å². The summed E-state index contributed by atoms with van der Waals surface area (Å²) in [6.07, 6.45) is -9.09. The molecule has 1 aliphatic rings. The molecule has 3 rings (SSSR count). The van der Waals surface area contributed by atoms with E-state index < -0.39 is 23.5 Å². The minimum Gasteiger partial charge on any atom is -0.351 e. The first-order chi connectivity index (χ1) is 14.3. The van der Waals surface area contributed by atoms with Gasteiger partial charge in [-0.05, 0) is 60.3 Å². The van der Waals surface area contributed by atoms with E-state index in [1.165, 1.54) is 18.2 Å². The highest BCUT2D eigenvalue weighted by molar-refractivity contribution is 5.82. The van der Waals surface area contributed by atoms with Gasteiger partial charge in [0.2, 0.25) is 5.91 Å². The van der Waals surface area contributed by atoms with E-state index in [1.54, 1.807) is 6.07 Å². The minimum atomic E-state index is -4.91. The number of likely N-dealkylation sites (tertiary alicyclic amines) is 1. The van der Waals surface area contributed by atoms with Gasteiger partial charge in [0.15, 0.2) is 0 Å². The minimum absolute atomic E-state index is 0.104. The Balaban J connectivity index is 1.83. The maximum Gasteiger partial charge on any atom is 0.416 e. The molecule has 0 spiro atoms. The Morgan fingerprint density at radius 1 is 1.00 bits per heavy atom. The maximum absolute atomic E-state index is 13.1. The number of amides is 1. The van der Waals surface area contributed by atoms with Gasteiger partial charge in [0.1, 0.15) is 0 Å². The van der Waals surface area contributed by atoms with Crippen LogP contribution in [0.15, 0.2) is 42.5 Å². The van der Waals surface area contributed by atoms with Crippen LogP contribution in [-0.2, 0) is 23.7 Å². The highest BCUT2D eigenvalue weighted by Gasteiger charge is 2.37. The fourth-order valence-electron chi connectivity index (χ4n) is 3.85. The summed E-state index contributed by atoms with van der Waals surface area (Å²) in [5, 5.41) is 2.80. The van der Waals surface area contributed by atoms with Crippen LogP contribution in [0.1, 0.15) is 30.0 Å². The topological polar surface area (TPSA) is 32.3 Å². The molecule has 2 aromatic rings. The van der Waals surface area contributed by atoms with Gasteiger partial charge in [0, 0.05) is 13.1 Å². The van der Waals surface area contributed by atoms with Crippen molar-refractivity contribution in [1.82, 2.24) is 10.2 Å². The molecule has 1 aliphatic heterocycles. The molecule has 31 heavy (non-hydrogen) atoms. The molecule has 0 unspecified atom stereocenters. The number of halogens is 6. The number of likely N-dealkylation sites (N-methyl/N-ethyl adjacent to an activating group) is 1. The average Bonchev–Trinajstić information content (AvgIpc) is 3.03. The van der Waals surface area contributed by atoms with Gasteiger partial charge in [0.25, 0.3) is 0 Å². The molecule has 2 aromatic carbocycles. The summed E-state index contributed by atoms with van der Waals surface area (Å²) in [6.45, 7) is 2.98. The molecule has 168 valence electrons. The van der Waals surface area contributed by atoms with Gasteiger partial charge >= 0.3 is 12.4 Å². The van der Waals surface area contributed by atoms with Gasteiger partial charge in [-0.25, -0.2) is 0 Å². The Labute approximate surface area is 176 Å². The zero-order valence-electron chi connectivity index (χ0n) is 16.9. The van der Waals surface area contributed by atoms with Crippen LogP contribution in [0.2, 0.25) is 0 Å². The van der Waals surface area contributed by atoms with Crippen LogP contribution < -0.4 is 5.32 Å². The molecule has 1 heterocycles. The van der Waals surface area contributed by atoms with Gasteiger partial charge in [-0.1, -0.05) is 25.1 Å². The fourth-order valence-corrected chi connectivity index (χ4v) is 3.85. The Bertz CT molecular complexity index is 921. The monoisotopic (exact) mass is 444 g/mol. The van der Waals surface area contributed by atoms with Crippen molar-refractivity contribution in [3.63, 3.8) is 0 Å². The molecule has 0 radical (unpaired) electrons. The third-order valence-electron chi connectivity index (χ3n) is 5.37. The summed E-state index contributed by atoms with van der Waals surface area (Å²) in [7, 11) is 1.86. The van der Waals surface area contributed by atoms with E-state index in [2.05, 4.69) is 12.2 Å². The molecule has 0 bridgehead atoms. The quantitative estimate of drug-likeness (QED) is 0.645. The number of hydrogen-bond acceptors (Lipinski definition) is 2. The van der Waals surface area contributed by atoms with Crippen LogP contribution in [0.4, 0.5) is 26.3 Å². The largest absolute Gasteiger partial charge is 0.416 e. The molecule has 2 atom stereocenters. The molecule has 1 fully saturated rings. The second-order valence-electron chi connectivity index (χ2n) is 8.01. The first kappa shape index (κ1) is 23.1. The van der Waals surface area contributed by atoms with E-state index in [-0.39, 0.29) is 35.7 Å². The van der Waals surface area contributed by atoms with Crippen LogP contribution in [0, 0.1) is 5.92 Å². The molecule has 0 saturated carbocycles. The van der Waals surface area contributed by atoms with E-state index in [1.807, 2.05) is 11.9 Å². The van der Waals surface area contributed by atoms with Gasteiger partial charge in [-0.3, -0.25) is 9.69 Å². The Hall–Kier alpha value is -2.55. The van der Waals surface area contributed by atoms with Gasteiger partial charge in [-0.2, -0.15) is 26.3 Å². The van der Waals surface area contributed by atoms with Gasteiger partial charge < -0.3 is 5.32 Å². The molecule has 0 aliphatic carbocycles. The summed E-state index contributed by atoms with van der Waals surface area (Å²) >= 11 is 0. The lowest BCUT2D eigenvalue weighted by molar-refractivity contribution is -0.143. The van der Waals surface area contributed by atoms with Crippen LogP contribution in [0.5, 0.6) is 0 Å².